The predicted octanol–water partition coefficient (Wildman–Crippen LogP) is 1.02. The Balaban J connectivity index is 2.48. The third kappa shape index (κ3) is 1.89. The Hall–Kier alpha value is -1.88. The van der Waals surface area contributed by atoms with Gasteiger partial charge in [0.05, 0.1) is 5.69 Å². The zero-order chi connectivity index (χ0) is 12.6. The molecule has 0 aromatic carbocycles. The zero-order valence-electron chi connectivity index (χ0n) is 9.79. The van der Waals surface area contributed by atoms with Gasteiger partial charge in [-0.05, 0) is 12.1 Å². The molecular formula is C12H15N3O2. The molecule has 0 saturated carbocycles. The van der Waals surface area contributed by atoms with Crippen LogP contribution >= 0.6 is 0 Å². The highest BCUT2D eigenvalue weighted by molar-refractivity contribution is 5.75. The van der Waals surface area contributed by atoms with Crippen molar-refractivity contribution in [2.45, 2.75) is 25.3 Å². The molecule has 0 aliphatic carbocycles. The van der Waals surface area contributed by atoms with Crippen molar-refractivity contribution in [2.75, 3.05) is 0 Å². The fourth-order valence-corrected chi connectivity index (χ4v) is 1.71. The molecule has 0 radical (unpaired) electrons. The molecule has 0 bridgehead atoms. The van der Waals surface area contributed by atoms with E-state index in [1.54, 1.807) is 13.8 Å². The van der Waals surface area contributed by atoms with Crippen LogP contribution in [0.4, 0.5) is 0 Å². The summed E-state index contributed by atoms with van der Waals surface area (Å²) in [6, 6.07) is 4.66. The van der Waals surface area contributed by atoms with E-state index in [9.17, 15) is 4.79 Å². The lowest BCUT2D eigenvalue weighted by atomic mass is 9.82. The predicted molar refractivity (Wildman–Crippen MR) is 63.8 cm³/mol. The average Bonchev–Trinajstić information content (AvgIpc) is 2.71. The quantitative estimate of drug-likeness (QED) is 0.829. The smallest absolute Gasteiger partial charge is 0.321 e. The molecule has 2 aromatic rings. The average molecular weight is 233 g/mol. The third-order valence-corrected chi connectivity index (χ3v) is 3.07. The number of fused-ring (bicyclic) bond motifs is 1. The molecule has 2 aromatic heterocycles. The second-order valence-electron chi connectivity index (χ2n) is 4.63. The molecule has 3 N–H and O–H groups in total. The van der Waals surface area contributed by atoms with Crippen LogP contribution in [0.3, 0.4) is 0 Å². The second kappa shape index (κ2) is 3.85. The SMILES string of the molecule is CC(C)(c1cn2ccccc2n1)C(N)C(=O)O. The fraction of sp³-hybridized carbons (Fsp3) is 0.333. The van der Waals surface area contributed by atoms with Crippen LogP contribution in [0.2, 0.25) is 0 Å². The minimum absolute atomic E-state index is 0.679. The van der Waals surface area contributed by atoms with Gasteiger partial charge < -0.3 is 15.2 Å². The van der Waals surface area contributed by atoms with Crippen LogP contribution in [0, 0.1) is 0 Å². The van der Waals surface area contributed by atoms with Crippen LogP contribution in [0.1, 0.15) is 19.5 Å². The Kier molecular flexibility index (Phi) is 2.63. The molecule has 2 rings (SSSR count). The van der Waals surface area contributed by atoms with Crippen LogP contribution in [-0.2, 0) is 10.2 Å². The first-order valence-corrected chi connectivity index (χ1v) is 5.35. The van der Waals surface area contributed by atoms with Crippen LogP contribution < -0.4 is 5.73 Å². The lowest BCUT2D eigenvalue weighted by Gasteiger charge is -2.26. The van der Waals surface area contributed by atoms with Crippen molar-refractivity contribution in [1.29, 1.82) is 0 Å². The maximum absolute atomic E-state index is 11.0. The molecule has 17 heavy (non-hydrogen) atoms. The molecule has 1 unspecified atom stereocenters. The topological polar surface area (TPSA) is 80.6 Å². The van der Waals surface area contributed by atoms with Gasteiger partial charge in [0.15, 0.2) is 0 Å². The maximum atomic E-state index is 11.0. The largest absolute Gasteiger partial charge is 0.480 e. The summed E-state index contributed by atoms with van der Waals surface area (Å²) in [5.74, 6) is -1.02. The van der Waals surface area contributed by atoms with Crippen LogP contribution in [0.15, 0.2) is 30.6 Å². The minimum atomic E-state index is -1.02. The molecule has 90 valence electrons. The van der Waals surface area contributed by atoms with Crippen LogP contribution in [-0.4, -0.2) is 26.5 Å². The molecule has 0 aliphatic heterocycles. The zero-order valence-corrected chi connectivity index (χ0v) is 9.79. The van der Waals surface area contributed by atoms with Gasteiger partial charge in [0.1, 0.15) is 11.7 Å². The van der Waals surface area contributed by atoms with E-state index in [1.165, 1.54) is 0 Å². The summed E-state index contributed by atoms with van der Waals surface area (Å²) >= 11 is 0. The van der Waals surface area contributed by atoms with Gasteiger partial charge >= 0.3 is 5.97 Å². The number of carboxylic acid groups (broad SMARTS) is 1. The number of nitrogens with zero attached hydrogens (tertiary/aromatic N) is 2. The molecule has 1 atom stereocenters. The molecule has 0 fully saturated rings. The van der Waals surface area contributed by atoms with Gasteiger partial charge in [0.2, 0.25) is 0 Å². The first-order valence-electron chi connectivity index (χ1n) is 5.35. The van der Waals surface area contributed by atoms with E-state index in [2.05, 4.69) is 4.98 Å². The molecule has 2 heterocycles. The van der Waals surface area contributed by atoms with E-state index in [0.717, 1.165) is 5.65 Å². The van der Waals surface area contributed by atoms with E-state index >= 15 is 0 Å². The van der Waals surface area contributed by atoms with Gasteiger partial charge in [-0.2, -0.15) is 0 Å². The molecule has 0 saturated heterocycles. The number of imidazole rings is 1. The van der Waals surface area contributed by atoms with E-state index in [4.69, 9.17) is 10.8 Å². The number of hydrogen-bond acceptors (Lipinski definition) is 3. The third-order valence-electron chi connectivity index (χ3n) is 3.07. The Morgan fingerprint density at radius 2 is 2.24 bits per heavy atom. The number of rotatable bonds is 3. The molecular weight excluding hydrogens is 218 g/mol. The van der Waals surface area contributed by atoms with E-state index in [1.807, 2.05) is 35.0 Å². The lowest BCUT2D eigenvalue weighted by Crippen LogP contribution is -2.47. The normalized spacial score (nSPS) is 13.8. The van der Waals surface area contributed by atoms with Gasteiger partial charge in [0, 0.05) is 17.8 Å². The monoisotopic (exact) mass is 233 g/mol. The van der Waals surface area contributed by atoms with E-state index < -0.39 is 17.4 Å². The van der Waals surface area contributed by atoms with Gasteiger partial charge in [-0.3, -0.25) is 4.79 Å². The maximum Gasteiger partial charge on any atom is 0.321 e. The highest BCUT2D eigenvalue weighted by atomic mass is 16.4. The van der Waals surface area contributed by atoms with E-state index in [0.29, 0.717) is 5.69 Å². The van der Waals surface area contributed by atoms with Gasteiger partial charge in [-0.1, -0.05) is 19.9 Å². The Labute approximate surface area is 98.9 Å². The van der Waals surface area contributed by atoms with Crippen molar-refractivity contribution in [2.24, 2.45) is 5.73 Å². The van der Waals surface area contributed by atoms with Gasteiger partial charge in [-0.15, -0.1) is 0 Å². The summed E-state index contributed by atoms with van der Waals surface area (Å²) in [7, 11) is 0. The Morgan fingerprint density at radius 1 is 1.53 bits per heavy atom. The minimum Gasteiger partial charge on any atom is -0.480 e. The Morgan fingerprint density at radius 3 is 2.82 bits per heavy atom. The molecule has 0 amide bonds. The van der Waals surface area contributed by atoms with Crippen LogP contribution in [0.25, 0.3) is 5.65 Å². The van der Waals surface area contributed by atoms with Crippen molar-refractivity contribution >= 4 is 11.6 Å². The number of carbonyl (C=O) groups is 1. The molecule has 5 heteroatoms. The van der Waals surface area contributed by atoms with Crippen molar-refractivity contribution in [3.63, 3.8) is 0 Å². The molecule has 0 aliphatic rings. The van der Waals surface area contributed by atoms with Crippen molar-refractivity contribution in [3.05, 3.63) is 36.3 Å². The Bertz CT molecular complexity index is 527. The number of aliphatic carboxylic acids is 1. The number of nitrogens with two attached hydrogens (primary N) is 1. The fourth-order valence-electron chi connectivity index (χ4n) is 1.71. The highest BCUT2D eigenvalue weighted by Crippen LogP contribution is 2.25. The summed E-state index contributed by atoms with van der Waals surface area (Å²) in [5.41, 5.74) is 6.45. The van der Waals surface area contributed by atoms with Gasteiger partial charge in [-0.25, -0.2) is 4.98 Å². The number of hydrogen-bond donors (Lipinski definition) is 2. The first-order chi connectivity index (χ1) is 7.93. The summed E-state index contributed by atoms with van der Waals surface area (Å²) in [4.78, 5) is 15.4. The second-order valence-corrected chi connectivity index (χ2v) is 4.63. The number of carboxylic acids is 1. The standard InChI is InChI=1S/C12H15N3O2/c1-12(2,10(13)11(16)17)8-7-15-6-4-3-5-9(15)14-8/h3-7,10H,13H2,1-2H3,(H,16,17). The lowest BCUT2D eigenvalue weighted by molar-refractivity contribution is -0.140. The number of aromatic nitrogens is 2. The summed E-state index contributed by atoms with van der Waals surface area (Å²) in [6.07, 6.45) is 3.69. The van der Waals surface area contributed by atoms with Crippen molar-refractivity contribution in [3.8, 4) is 0 Å². The van der Waals surface area contributed by atoms with Crippen molar-refractivity contribution < 1.29 is 9.90 Å². The summed E-state index contributed by atoms with van der Waals surface area (Å²) in [6.45, 7) is 3.57. The molecule has 5 nitrogen and oxygen atoms in total. The number of pyridine rings is 1. The summed E-state index contributed by atoms with van der Waals surface area (Å²) in [5, 5.41) is 8.99. The van der Waals surface area contributed by atoms with E-state index in [-0.39, 0.29) is 0 Å². The molecule has 0 spiro atoms. The highest BCUT2D eigenvalue weighted by Gasteiger charge is 2.35. The summed E-state index contributed by atoms with van der Waals surface area (Å²) < 4.78 is 1.85. The first kappa shape index (κ1) is 11.6. The van der Waals surface area contributed by atoms with Gasteiger partial charge in [0.25, 0.3) is 0 Å². The van der Waals surface area contributed by atoms with Crippen LogP contribution in [0.5, 0.6) is 0 Å². The van der Waals surface area contributed by atoms with Crippen molar-refractivity contribution in [1.82, 2.24) is 9.38 Å².